The van der Waals surface area contributed by atoms with Crippen LogP contribution in [0.4, 0.5) is 0 Å². The highest BCUT2D eigenvalue weighted by Crippen LogP contribution is 2.18. The van der Waals surface area contributed by atoms with Crippen molar-refractivity contribution in [3.63, 3.8) is 0 Å². The molecule has 0 amide bonds. The zero-order chi connectivity index (χ0) is 10.8. The van der Waals surface area contributed by atoms with Crippen LogP contribution in [0.15, 0.2) is 17.2 Å². The summed E-state index contributed by atoms with van der Waals surface area (Å²) in [5.41, 5.74) is -0.316. The molecule has 0 saturated heterocycles. The van der Waals surface area contributed by atoms with E-state index in [2.05, 4.69) is 17.6 Å². The van der Waals surface area contributed by atoms with E-state index in [1.165, 1.54) is 10.8 Å². The zero-order valence-corrected chi connectivity index (χ0v) is 9.85. The van der Waals surface area contributed by atoms with Crippen molar-refractivity contribution in [3.05, 3.63) is 27.9 Å². The second kappa shape index (κ2) is 4.36. The Balaban J connectivity index is 2.97. The molecule has 0 unspecified atom stereocenters. The first-order chi connectivity index (χ1) is 6.44. The van der Waals surface area contributed by atoms with Crippen molar-refractivity contribution in [2.24, 2.45) is 5.41 Å². The zero-order valence-electron chi connectivity index (χ0n) is 8.20. The third-order valence-corrected chi connectivity index (χ3v) is 2.90. The van der Waals surface area contributed by atoms with Gasteiger partial charge in [-0.25, -0.2) is 9.78 Å². The highest BCUT2D eigenvalue weighted by atomic mass is 35.5. The maximum Gasteiger partial charge on any atom is 0.347 e. The summed E-state index contributed by atoms with van der Waals surface area (Å²) in [4.78, 5) is 15.0. The minimum Gasteiger partial charge on any atom is -0.297 e. The van der Waals surface area contributed by atoms with Crippen molar-refractivity contribution in [2.45, 2.75) is 20.4 Å². The number of nitrogens with zero attached hydrogens (tertiary/aromatic N) is 2. The minimum absolute atomic E-state index is 0.0424. The van der Waals surface area contributed by atoms with Gasteiger partial charge in [0.05, 0.1) is 11.2 Å². The van der Waals surface area contributed by atoms with Crippen molar-refractivity contribution < 1.29 is 0 Å². The first kappa shape index (κ1) is 11.6. The molecule has 0 atom stereocenters. The molecule has 0 aliphatic carbocycles. The summed E-state index contributed by atoms with van der Waals surface area (Å²) in [6, 6.07) is 0. The van der Waals surface area contributed by atoms with E-state index in [0.717, 1.165) is 0 Å². The Morgan fingerprint density at radius 2 is 2.29 bits per heavy atom. The van der Waals surface area contributed by atoms with E-state index >= 15 is 0 Å². The Labute approximate surface area is 93.5 Å². The fourth-order valence-corrected chi connectivity index (χ4v) is 1.32. The highest BCUT2D eigenvalue weighted by molar-refractivity contribution is 7.80. The summed E-state index contributed by atoms with van der Waals surface area (Å²) in [7, 11) is 0. The maximum atomic E-state index is 11.3. The van der Waals surface area contributed by atoms with E-state index in [0.29, 0.717) is 17.3 Å². The Morgan fingerprint density at radius 1 is 1.64 bits per heavy atom. The van der Waals surface area contributed by atoms with Gasteiger partial charge in [0.25, 0.3) is 0 Å². The van der Waals surface area contributed by atoms with Gasteiger partial charge in [-0.3, -0.25) is 4.57 Å². The number of rotatable bonds is 3. The third kappa shape index (κ3) is 3.03. The molecule has 0 bridgehead atoms. The van der Waals surface area contributed by atoms with Gasteiger partial charge in [0.15, 0.2) is 0 Å². The van der Waals surface area contributed by atoms with E-state index in [4.69, 9.17) is 11.6 Å². The topological polar surface area (TPSA) is 34.9 Å². The number of halogens is 1. The third-order valence-electron chi connectivity index (χ3n) is 1.85. The molecule has 1 aromatic rings. The van der Waals surface area contributed by atoms with Crippen LogP contribution >= 0.6 is 24.2 Å². The molecule has 14 heavy (non-hydrogen) atoms. The molecule has 5 heteroatoms. The van der Waals surface area contributed by atoms with Crippen molar-refractivity contribution in [3.8, 4) is 0 Å². The Morgan fingerprint density at radius 3 is 2.86 bits per heavy atom. The Hall–Kier alpha value is -0.480. The second-order valence-corrected chi connectivity index (χ2v) is 4.76. The largest absolute Gasteiger partial charge is 0.347 e. The molecule has 0 radical (unpaired) electrons. The molecule has 1 heterocycles. The SMILES string of the molecule is CC(C)(CS)Cn1cc(Cl)cnc1=O. The highest BCUT2D eigenvalue weighted by Gasteiger charge is 2.17. The smallest absolute Gasteiger partial charge is 0.297 e. The van der Waals surface area contributed by atoms with E-state index in [-0.39, 0.29) is 11.1 Å². The van der Waals surface area contributed by atoms with Crippen LogP contribution in [-0.4, -0.2) is 15.3 Å². The lowest BCUT2D eigenvalue weighted by atomic mass is 9.96. The summed E-state index contributed by atoms with van der Waals surface area (Å²) < 4.78 is 1.51. The Kier molecular flexibility index (Phi) is 3.61. The monoisotopic (exact) mass is 232 g/mol. The predicted octanol–water partition coefficient (Wildman–Crippen LogP) is 1.85. The molecule has 0 fully saturated rings. The summed E-state index contributed by atoms with van der Waals surface area (Å²) in [6.45, 7) is 4.64. The first-order valence-corrected chi connectivity index (χ1v) is 5.28. The summed E-state index contributed by atoms with van der Waals surface area (Å²) in [5.74, 6) is 0.700. The van der Waals surface area contributed by atoms with Crippen molar-refractivity contribution in [1.82, 2.24) is 9.55 Å². The normalized spacial score (nSPS) is 11.7. The molecular weight excluding hydrogens is 220 g/mol. The van der Waals surface area contributed by atoms with E-state index in [1.54, 1.807) is 6.20 Å². The average molecular weight is 233 g/mol. The molecule has 78 valence electrons. The van der Waals surface area contributed by atoms with Gasteiger partial charge in [-0.1, -0.05) is 25.4 Å². The molecule has 0 aliphatic rings. The van der Waals surface area contributed by atoms with Gasteiger partial charge in [0, 0.05) is 12.7 Å². The molecule has 3 nitrogen and oxygen atoms in total. The van der Waals surface area contributed by atoms with Crippen molar-refractivity contribution >= 4 is 24.2 Å². The lowest BCUT2D eigenvalue weighted by Crippen LogP contribution is -2.30. The molecule has 0 N–H and O–H groups in total. The molecule has 0 spiro atoms. The number of aromatic nitrogens is 2. The fraction of sp³-hybridized carbons (Fsp3) is 0.556. The quantitative estimate of drug-likeness (QED) is 0.808. The summed E-state index contributed by atoms with van der Waals surface area (Å²) >= 11 is 9.97. The van der Waals surface area contributed by atoms with E-state index < -0.39 is 0 Å². The van der Waals surface area contributed by atoms with Crippen LogP contribution in [-0.2, 0) is 6.54 Å². The van der Waals surface area contributed by atoms with Gasteiger partial charge in [-0.15, -0.1) is 0 Å². The van der Waals surface area contributed by atoms with Gasteiger partial charge < -0.3 is 0 Å². The number of thiol groups is 1. The summed E-state index contributed by atoms with van der Waals surface area (Å²) in [6.07, 6.45) is 2.95. The maximum absolute atomic E-state index is 11.3. The molecule has 0 aliphatic heterocycles. The standard InChI is InChI=1S/C9H13ClN2OS/c1-9(2,6-14)5-12-4-7(10)3-11-8(12)13/h3-4,14H,5-6H2,1-2H3. The van der Waals surface area contributed by atoms with Gasteiger partial charge in [-0.2, -0.15) is 12.6 Å². The van der Waals surface area contributed by atoms with E-state index in [1.807, 2.05) is 13.8 Å². The van der Waals surface area contributed by atoms with Crippen molar-refractivity contribution in [2.75, 3.05) is 5.75 Å². The van der Waals surface area contributed by atoms with E-state index in [9.17, 15) is 4.79 Å². The summed E-state index contributed by atoms with van der Waals surface area (Å²) in [5, 5.41) is 0.472. The van der Waals surface area contributed by atoms with Gasteiger partial charge >= 0.3 is 5.69 Å². The van der Waals surface area contributed by atoms with Crippen molar-refractivity contribution in [1.29, 1.82) is 0 Å². The van der Waals surface area contributed by atoms with Crippen LogP contribution in [0, 0.1) is 5.41 Å². The van der Waals surface area contributed by atoms with Gasteiger partial charge in [0.1, 0.15) is 0 Å². The number of hydrogen-bond donors (Lipinski definition) is 1. The van der Waals surface area contributed by atoms with Crippen LogP contribution < -0.4 is 5.69 Å². The molecular formula is C9H13ClN2OS. The lowest BCUT2D eigenvalue weighted by molar-refractivity contribution is 0.344. The lowest BCUT2D eigenvalue weighted by Gasteiger charge is -2.22. The Bertz CT molecular complexity index is 375. The molecule has 0 saturated carbocycles. The first-order valence-electron chi connectivity index (χ1n) is 4.27. The minimum atomic E-state index is -0.274. The number of hydrogen-bond acceptors (Lipinski definition) is 3. The van der Waals surface area contributed by atoms with Crippen LogP contribution in [0.1, 0.15) is 13.8 Å². The van der Waals surface area contributed by atoms with Crippen LogP contribution in [0.3, 0.4) is 0 Å². The second-order valence-electron chi connectivity index (χ2n) is 4.00. The van der Waals surface area contributed by atoms with Crippen LogP contribution in [0.5, 0.6) is 0 Å². The van der Waals surface area contributed by atoms with Crippen LogP contribution in [0.25, 0.3) is 0 Å². The molecule has 1 aromatic heterocycles. The fourth-order valence-electron chi connectivity index (χ4n) is 1.05. The van der Waals surface area contributed by atoms with Crippen LogP contribution in [0.2, 0.25) is 5.02 Å². The molecule has 0 aromatic carbocycles. The average Bonchev–Trinajstić information content (AvgIpc) is 2.11. The van der Waals surface area contributed by atoms with Gasteiger partial charge in [0.2, 0.25) is 0 Å². The van der Waals surface area contributed by atoms with Gasteiger partial charge in [-0.05, 0) is 11.2 Å². The molecule has 1 rings (SSSR count). The predicted molar refractivity (Wildman–Crippen MR) is 61.1 cm³/mol.